The van der Waals surface area contributed by atoms with Crippen molar-refractivity contribution in [1.82, 2.24) is 24.5 Å². The Morgan fingerprint density at radius 2 is 2.00 bits per heavy atom. The molecule has 0 saturated carbocycles. The number of aromatic nitrogens is 5. The molecular weight excluding hydrogens is 336 g/mol. The smallest absolute Gasteiger partial charge is 0.235 e. The average Bonchev–Trinajstić information content (AvgIpc) is 3.16. The lowest BCUT2D eigenvalue weighted by Gasteiger charge is -2.08. The zero-order valence-electron chi connectivity index (χ0n) is 14.4. The number of carbonyl (C=O) groups excluding carboxylic acids is 1. The Balaban J connectivity index is 1.68. The highest BCUT2D eigenvalue weighted by Crippen LogP contribution is 2.23. The van der Waals surface area contributed by atoms with E-state index in [0.29, 0.717) is 5.82 Å². The van der Waals surface area contributed by atoms with Gasteiger partial charge >= 0.3 is 0 Å². The highest BCUT2D eigenvalue weighted by molar-refractivity contribution is 7.99. The Kier molecular flexibility index (Phi) is 5.18. The van der Waals surface area contributed by atoms with Crippen molar-refractivity contribution in [2.45, 2.75) is 25.5 Å². The molecule has 0 spiro atoms. The van der Waals surface area contributed by atoms with E-state index in [2.05, 4.69) is 20.6 Å². The monoisotopic (exact) mass is 356 g/mol. The molecule has 130 valence electrons. The van der Waals surface area contributed by atoms with Gasteiger partial charge in [0.2, 0.25) is 5.91 Å². The minimum Gasteiger partial charge on any atom is -0.310 e. The molecule has 0 atom stereocenters. The van der Waals surface area contributed by atoms with Crippen molar-refractivity contribution in [1.29, 1.82) is 0 Å². The van der Waals surface area contributed by atoms with Gasteiger partial charge in [0.1, 0.15) is 5.82 Å². The molecule has 2 aromatic heterocycles. The Hall–Kier alpha value is -2.61. The van der Waals surface area contributed by atoms with Crippen LogP contribution in [0.3, 0.4) is 0 Å². The SMILES string of the molecule is CCn1c(SCC(=O)Nc2cc(C)nn2C)nnc1-c1ccccc1. The summed E-state index contributed by atoms with van der Waals surface area (Å²) in [4.78, 5) is 12.2. The predicted molar refractivity (Wildman–Crippen MR) is 98.4 cm³/mol. The number of aryl methyl sites for hydroxylation is 2. The van der Waals surface area contributed by atoms with Gasteiger partial charge in [-0.3, -0.25) is 9.48 Å². The highest BCUT2D eigenvalue weighted by atomic mass is 32.2. The Bertz CT molecular complexity index is 871. The van der Waals surface area contributed by atoms with E-state index < -0.39 is 0 Å². The molecule has 0 unspecified atom stereocenters. The van der Waals surface area contributed by atoms with Crippen LogP contribution >= 0.6 is 11.8 Å². The highest BCUT2D eigenvalue weighted by Gasteiger charge is 2.15. The van der Waals surface area contributed by atoms with E-state index in [0.717, 1.165) is 28.8 Å². The molecule has 0 fully saturated rings. The fourth-order valence-corrected chi connectivity index (χ4v) is 3.32. The van der Waals surface area contributed by atoms with Crippen LogP contribution in [0.15, 0.2) is 41.6 Å². The third-order valence-corrected chi connectivity index (χ3v) is 4.63. The summed E-state index contributed by atoms with van der Waals surface area (Å²) in [5.41, 5.74) is 1.88. The maximum Gasteiger partial charge on any atom is 0.235 e. The van der Waals surface area contributed by atoms with Gasteiger partial charge in [-0.25, -0.2) is 0 Å². The lowest BCUT2D eigenvalue weighted by Crippen LogP contribution is -2.16. The van der Waals surface area contributed by atoms with Crippen LogP contribution < -0.4 is 5.32 Å². The van der Waals surface area contributed by atoms with Gasteiger partial charge in [-0.2, -0.15) is 5.10 Å². The van der Waals surface area contributed by atoms with Crippen LogP contribution in [0.5, 0.6) is 0 Å². The molecule has 25 heavy (non-hydrogen) atoms. The second-order valence-corrected chi connectivity index (χ2v) is 6.49. The van der Waals surface area contributed by atoms with Crippen molar-refractivity contribution in [2.24, 2.45) is 7.05 Å². The van der Waals surface area contributed by atoms with Gasteiger partial charge in [0.05, 0.1) is 11.4 Å². The van der Waals surface area contributed by atoms with Crippen molar-refractivity contribution < 1.29 is 4.79 Å². The quantitative estimate of drug-likeness (QED) is 0.687. The number of carbonyl (C=O) groups is 1. The van der Waals surface area contributed by atoms with Crippen molar-refractivity contribution >= 4 is 23.5 Å². The van der Waals surface area contributed by atoms with Crippen LogP contribution in [0.25, 0.3) is 11.4 Å². The van der Waals surface area contributed by atoms with Crippen LogP contribution in [0.1, 0.15) is 12.6 Å². The largest absolute Gasteiger partial charge is 0.310 e. The number of nitrogens with zero attached hydrogens (tertiary/aromatic N) is 5. The third kappa shape index (κ3) is 3.90. The first kappa shape index (κ1) is 17.2. The number of nitrogens with one attached hydrogen (secondary N) is 1. The first-order valence-corrected chi connectivity index (χ1v) is 8.99. The minimum atomic E-state index is -0.0973. The van der Waals surface area contributed by atoms with E-state index in [1.807, 2.05) is 54.8 Å². The molecule has 0 aliphatic heterocycles. The van der Waals surface area contributed by atoms with Gasteiger partial charge in [0, 0.05) is 25.2 Å². The molecule has 7 nitrogen and oxygen atoms in total. The zero-order chi connectivity index (χ0) is 17.8. The molecule has 0 aliphatic rings. The number of benzene rings is 1. The molecule has 1 N–H and O–H groups in total. The molecular formula is C17H20N6OS. The second kappa shape index (κ2) is 7.52. The summed E-state index contributed by atoms with van der Waals surface area (Å²) in [5, 5.41) is 16.3. The van der Waals surface area contributed by atoms with E-state index in [4.69, 9.17) is 0 Å². The van der Waals surface area contributed by atoms with E-state index in [1.54, 1.807) is 11.7 Å². The van der Waals surface area contributed by atoms with E-state index in [1.165, 1.54) is 11.8 Å². The van der Waals surface area contributed by atoms with Crippen LogP contribution in [0.4, 0.5) is 5.82 Å². The van der Waals surface area contributed by atoms with E-state index in [9.17, 15) is 4.79 Å². The normalized spacial score (nSPS) is 10.8. The van der Waals surface area contributed by atoms with Gasteiger partial charge in [0.25, 0.3) is 0 Å². The molecule has 2 heterocycles. The molecule has 3 aromatic rings. The number of hydrogen-bond donors (Lipinski definition) is 1. The lowest BCUT2D eigenvalue weighted by atomic mass is 10.2. The van der Waals surface area contributed by atoms with Crippen LogP contribution in [-0.2, 0) is 18.4 Å². The zero-order valence-corrected chi connectivity index (χ0v) is 15.2. The summed E-state index contributed by atoms with van der Waals surface area (Å²) >= 11 is 1.37. The average molecular weight is 356 g/mol. The van der Waals surface area contributed by atoms with Crippen LogP contribution in [0, 0.1) is 6.92 Å². The standard InChI is InChI=1S/C17H20N6OS/c1-4-23-16(13-8-6-5-7-9-13)19-20-17(23)25-11-15(24)18-14-10-12(2)21-22(14)3/h5-10H,4,11H2,1-3H3,(H,18,24). The first-order chi connectivity index (χ1) is 12.1. The van der Waals surface area contributed by atoms with Crippen molar-refractivity contribution in [3.8, 4) is 11.4 Å². The van der Waals surface area contributed by atoms with Crippen molar-refractivity contribution in [3.05, 3.63) is 42.1 Å². The topological polar surface area (TPSA) is 77.6 Å². The van der Waals surface area contributed by atoms with Crippen molar-refractivity contribution in [2.75, 3.05) is 11.1 Å². The van der Waals surface area contributed by atoms with Gasteiger partial charge in [0.15, 0.2) is 11.0 Å². The number of anilines is 1. The van der Waals surface area contributed by atoms with Crippen LogP contribution in [0.2, 0.25) is 0 Å². The lowest BCUT2D eigenvalue weighted by molar-refractivity contribution is -0.113. The van der Waals surface area contributed by atoms with Gasteiger partial charge in [-0.15, -0.1) is 10.2 Å². The molecule has 8 heteroatoms. The molecule has 3 rings (SSSR count). The van der Waals surface area contributed by atoms with E-state index >= 15 is 0 Å². The fourth-order valence-electron chi connectivity index (χ4n) is 2.52. The Morgan fingerprint density at radius 3 is 2.64 bits per heavy atom. The summed E-state index contributed by atoms with van der Waals surface area (Å²) in [7, 11) is 1.80. The summed E-state index contributed by atoms with van der Waals surface area (Å²) < 4.78 is 3.67. The Morgan fingerprint density at radius 1 is 1.24 bits per heavy atom. The summed E-state index contributed by atoms with van der Waals surface area (Å²) in [6.45, 7) is 4.67. The molecule has 1 amide bonds. The summed E-state index contributed by atoms with van der Waals surface area (Å²) in [5.74, 6) is 1.66. The Labute approximate surface area is 150 Å². The molecule has 1 aromatic carbocycles. The van der Waals surface area contributed by atoms with Gasteiger partial charge in [-0.05, 0) is 13.8 Å². The van der Waals surface area contributed by atoms with Gasteiger partial charge in [-0.1, -0.05) is 42.1 Å². The minimum absolute atomic E-state index is 0.0973. The van der Waals surface area contributed by atoms with Crippen LogP contribution in [-0.4, -0.2) is 36.2 Å². The molecule has 0 aliphatic carbocycles. The number of rotatable bonds is 6. The maximum absolute atomic E-state index is 12.2. The number of amides is 1. The second-order valence-electron chi connectivity index (χ2n) is 5.55. The fraction of sp³-hybridized carbons (Fsp3) is 0.294. The molecule has 0 bridgehead atoms. The maximum atomic E-state index is 12.2. The number of hydrogen-bond acceptors (Lipinski definition) is 5. The summed E-state index contributed by atoms with van der Waals surface area (Å²) in [6.07, 6.45) is 0. The molecule has 0 saturated heterocycles. The molecule has 0 radical (unpaired) electrons. The first-order valence-electron chi connectivity index (χ1n) is 8.00. The number of thioether (sulfide) groups is 1. The van der Waals surface area contributed by atoms with E-state index in [-0.39, 0.29) is 11.7 Å². The summed E-state index contributed by atoms with van der Waals surface area (Å²) in [6, 6.07) is 11.8. The third-order valence-electron chi connectivity index (χ3n) is 3.67. The van der Waals surface area contributed by atoms with Gasteiger partial charge < -0.3 is 9.88 Å². The predicted octanol–water partition coefficient (Wildman–Crippen LogP) is 2.74. The van der Waals surface area contributed by atoms with Crippen molar-refractivity contribution in [3.63, 3.8) is 0 Å².